The number of likely N-dealkylation sites (N-methyl/N-ethyl adjacent to an activating group) is 1. The summed E-state index contributed by atoms with van der Waals surface area (Å²) in [5, 5.41) is 0.802. The van der Waals surface area contributed by atoms with E-state index in [4.69, 9.17) is 17.3 Å². The molecule has 1 rings (SSSR count). The molecule has 17 heavy (non-hydrogen) atoms. The molecule has 0 saturated carbocycles. The molecule has 0 amide bonds. The van der Waals surface area contributed by atoms with E-state index in [2.05, 4.69) is 31.0 Å². The molecule has 0 heterocycles. The second-order valence-corrected chi connectivity index (χ2v) is 5.09. The molecule has 0 aromatic heterocycles. The van der Waals surface area contributed by atoms with Gasteiger partial charge in [0.15, 0.2) is 0 Å². The smallest absolute Gasteiger partial charge is 0.0406 e. The van der Waals surface area contributed by atoms with Crippen molar-refractivity contribution >= 4 is 11.6 Å². The fourth-order valence-electron chi connectivity index (χ4n) is 1.87. The van der Waals surface area contributed by atoms with Gasteiger partial charge in [-0.3, -0.25) is 0 Å². The van der Waals surface area contributed by atoms with Crippen LogP contribution in [0.5, 0.6) is 0 Å². The molecular formula is C14H23ClN2. The molecule has 3 heteroatoms. The van der Waals surface area contributed by atoms with Crippen molar-refractivity contribution in [2.45, 2.75) is 19.8 Å². The van der Waals surface area contributed by atoms with Crippen molar-refractivity contribution in [3.05, 3.63) is 34.9 Å². The zero-order valence-corrected chi connectivity index (χ0v) is 11.6. The Bertz CT molecular complexity index is 307. The van der Waals surface area contributed by atoms with Gasteiger partial charge in [-0.1, -0.05) is 37.1 Å². The normalized spacial score (nSPS) is 13.0. The lowest BCUT2D eigenvalue weighted by molar-refractivity contribution is 0.277. The van der Waals surface area contributed by atoms with Crippen LogP contribution in [-0.2, 0) is 6.42 Å². The lowest BCUT2D eigenvalue weighted by Gasteiger charge is -2.22. The third-order valence-electron chi connectivity index (χ3n) is 3.18. The summed E-state index contributed by atoms with van der Waals surface area (Å²) in [6, 6.07) is 8.09. The molecule has 96 valence electrons. The maximum absolute atomic E-state index is 5.86. The number of benzene rings is 1. The van der Waals surface area contributed by atoms with E-state index >= 15 is 0 Å². The number of hydrogen-bond donors (Lipinski definition) is 1. The maximum atomic E-state index is 5.86. The standard InChI is InChI=1S/C14H23ClN2/c1-3-12(10-16)11-17(2)9-8-13-4-6-14(15)7-5-13/h4-7,12H,3,8-11,16H2,1-2H3. The molecule has 1 aromatic rings. The highest BCUT2D eigenvalue weighted by atomic mass is 35.5. The lowest BCUT2D eigenvalue weighted by atomic mass is 10.1. The molecule has 0 saturated heterocycles. The van der Waals surface area contributed by atoms with Gasteiger partial charge in [0.05, 0.1) is 0 Å². The van der Waals surface area contributed by atoms with E-state index in [1.807, 2.05) is 12.1 Å². The lowest BCUT2D eigenvalue weighted by Crippen LogP contribution is -2.31. The topological polar surface area (TPSA) is 29.3 Å². The Morgan fingerprint density at radius 1 is 1.29 bits per heavy atom. The van der Waals surface area contributed by atoms with Crippen LogP contribution in [0.4, 0.5) is 0 Å². The molecule has 0 spiro atoms. The van der Waals surface area contributed by atoms with Crippen LogP contribution in [-0.4, -0.2) is 31.6 Å². The molecule has 0 bridgehead atoms. The van der Waals surface area contributed by atoms with Crippen molar-refractivity contribution in [2.24, 2.45) is 11.7 Å². The number of nitrogens with zero attached hydrogens (tertiary/aromatic N) is 1. The summed E-state index contributed by atoms with van der Waals surface area (Å²) >= 11 is 5.86. The monoisotopic (exact) mass is 254 g/mol. The fraction of sp³-hybridized carbons (Fsp3) is 0.571. The Labute approximate surface area is 110 Å². The van der Waals surface area contributed by atoms with E-state index in [1.165, 1.54) is 5.56 Å². The van der Waals surface area contributed by atoms with E-state index < -0.39 is 0 Å². The quantitative estimate of drug-likeness (QED) is 0.811. The number of hydrogen-bond acceptors (Lipinski definition) is 2. The first-order chi connectivity index (χ1) is 8.15. The first kappa shape index (κ1) is 14.5. The van der Waals surface area contributed by atoms with Gasteiger partial charge in [0.2, 0.25) is 0 Å². The summed E-state index contributed by atoms with van der Waals surface area (Å²) < 4.78 is 0. The molecular weight excluding hydrogens is 232 g/mol. The summed E-state index contributed by atoms with van der Waals surface area (Å²) in [7, 11) is 2.16. The van der Waals surface area contributed by atoms with Gasteiger partial charge in [-0.15, -0.1) is 0 Å². The van der Waals surface area contributed by atoms with Crippen LogP contribution in [0.1, 0.15) is 18.9 Å². The summed E-state index contributed by atoms with van der Waals surface area (Å²) in [5.41, 5.74) is 7.05. The van der Waals surface area contributed by atoms with E-state index in [-0.39, 0.29) is 0 Å². The van der Waals surface area contributed by atoms with Crippen molar-refractivity contribution < 1.29 is 0 Å². The molecule has 2 N–H and O–H groups in total. The largest absolute Gasteiger partial charge is 0.330 e. The average molecular weight is 255 g/mol. The predicted molar refractivity (Wildman–Crippen MR) is 75.5 cm³/mol. The molecule has 0 aliphatic rings. The van der Waals surface area contributed by atoms with Crippen LogP contribution in [0.15, 0.2) is 24.3 Å². The molecule has 1 aromatic carbocycles. The Hall–Kier alpha value is -0.570. The van der Waals surface area contributed by atoms with E-state index in [9.17, 15) is 0 Å². The SMILES string of the molecule is CCC(CN)CN(C)CCc1ccc(Cl)cc1. The molecule has 0 aliphatic carbocycles. The Morgan fingerprint density at radius 3 is 2.47 bits per heavy atom. The van der Waals surface area contributed by atoms with Crippen LogP contribution >= 0.6 is 11.6 Å². The van der Waals surface area contributed by atoms with Gasteiger partial charge >= 0.3 is 0 Å². The first-order valence-corrected chi connectivity index (χ1v) is 6.66. The highest BCUT2D eigenvalue weighted by molar-refractivity contribution is 6.30. The minimum atomic E-state index is 0.616. The number of nitrogens with two attached hydrogens (primary N) is 1. The van der Waals surface area contributed by atoms with Crippen molar-refractivity contribution in [3.63, 3.8) is 0 Å². The van der Waals surface area contributed by atoms with Crippen molar-refractivity contribution in [2.75, 3.05) is 26.7 Å². The van der Waals surface area contributed by atoms with Gasteiger partial charge in [-0.05, 0) is 43.6 Å². The van der Waals surface area contributed by atoms with Crippen LogP contribution in [0.3, 0.4) is 0 Å². The van der Waals surface area contributed by atoms with Crippen LogP contribution in [0.25, 0.3) is 0 Å². The van der Waals surface area contributed by atoms with Gasteiger partial charge in [-0.25, -0.2) is 0 Å². The summed E-state index contributed by atoms with van der Waals surface area (Å²) in [4.78, 5) is 2.36. The van der Waals surface area contributed by atoms with Crippen molar-refractivity contribution in [1.82, 2.24) is 4.90 Å². The number of halogens is 1. The number of rotatable bonds is 7. The van der Waals surface area contributed by atoms with E-state index in [1.54, 1.807) is 0 Å². The molecule has 0 fully saturated rings. The van der Waals surface area contributed by atoms with E-state index in [0.29, 0.717) is 5.92 Å². The van der Waals surface area contributed by atoms with Crippen LogP contribution < -0.4 is 5.73 Å². The highest BCUT2D eigenvalue weighted by Gasteiger charge is 2.07. The van der Waals surface area contributed by atoms with Crippen LogP contribution in [0.2, 0.25) is 5.02 Å². The zero-order chi connectivity index (χ0) is 12.7. The molecule has 1 unspecified atom stereocenters. The average Bonchev–Trinajstić information content (AvgIpc) is 2.35. The molecule has 2 nitrogen and oxygen atoms in total. The van der Waals surface area contributed by atoms with Crippen molar-refractivity contribution in [3.8, 4) is 0 Å². The molecule has 1 atom stereocenters. The van der Waals surface area contributed by atoms with Gasteiger partial charge in [-0.2, -0.15) is 0 Å². The Balaban J connectivity index is 2.32. The second kappa shape index (κ2) is 7.70. The van der Waals surface area contributed by atoms with Gasteiger partial charge < -0.3 is 10.6 Å². The Morgan fingerprint density at radius 2 is 1.94 bits per heavy atom. The third-order valence-corrected chi connectivity index (χ3v) is 3.43. The van der Waals surface area contributed by atoms with Gasteiger partial charge in [0.25, 0.3) is 0 Å². The van der Waals surface area contributed by atoms with Gasteiger partial charge in [0, 0.05) is 18.1 Å². The summed E-state index contributed by atoms with van der Waals surface area (Å²) in [6.45, 7) is 5.13. The zero-order valence-electron chi connectivity index (χ0n) is 10.8. The predicted octanol–water partition coefficient (Wildman–Crippen LogP) is 2.80. The fourth-order valence-corrected chi connectivity index (χ4v) is 2.00. The molecule has 0 radical (unpaired) electrons. The van der Waals surface area contributed by atoms with Crippen molar-refractivity contribution in [1.29, 1.82) is 0 Å². The molecule has 0 aliphatic heterocycles. The van der Waals surface area contributed by atoms with E-state index in [0.717, 1.165) is 37.5 Å². The third kappa shape index (κ3) is 5.53. The minimum Gasteiger partial charge on any atom is -0.330 e. The maximum Gasteiger partial charge on any atom is 0.0406 e. The minimum absolute atomic E-state index is 0.616. The Kier molecular flexibility index (Phi) is 6.56. The highest BCUT2D eigenvalue weighted by Crippen LogP contribution is 2.10. The second-order valence-electron chi connectivity index (χ2n) is 4.65. The first-order valence-electron chi connectivity index (χ1n) is 6.28. The summed E-state index contributed by atoms with van der Waals surface area (Å²) in [6.07, 6.45) is 2.22. The van der Waals surface area contributed by atoms with Crippen LogP contribution in [0, 0.1) is 5.92 Å². The van der Waals surface area contributed by atoms with Gasteiger partial charge in [0.1, 0.15) is 0 Å². The summed E-state index contributed by atoms with van der Waals surface area (Å²) in [5.74, 6) is 0.616.